The van der Waals surface area contributed by atoms with Gasteiger partial charge < -0.3 is 19.9 Å². The van der Waals surface area contributed by atoms with Crippen LogP contribution in [0.4, 0.5) is 5.69 Å². The smallest absolute Gasteiger partial charge is 0.314 e. The van der Waals surface area contributed by atoms with Crippen molar-refractivity contribution in [2.24, 2.45) is 5.73 Å². The average Bonchev–Trinajstić information content (AvgIpc) is 2.36. The van der Waals surface area contributed by atoms with Gasteiger partial charge in [-0.2, -0.15) is 0 Å². The Kier molecular flexibility index (Phi) is 2.90. The molecule has 0 saturated heterocycles. The van der Waals surface area contributed by atoms with E-state index in [9.17, 15) is 10.1 Å². The van der Waals surface area contributed by atoms with Gasteiger partial charge in [0.2, 0.25) is 5.75 Å². The standard InChI is InChI=1S/C12H14N2O5/c13-7-3-8(4-7)19-10-6-12-11(17-1-2-18-12)5-9(10)14(15)16/h5-8H,1-4,13H2. The van der Waals surface area contributed by atoms with Gasteiger partial charge in [0, 0.05) is 12.1 Å². The highest BCUT2D eigenvalue weighted by Gasteiger charge is 2.31. The molecule has 1 aromatic carbocycles. The SMILES string of the molecule is NC1CC(Oc2cc3c(cc2[N+](=O)[O-])OCCO3)C1. The predicted octanol–water partition coefficient (Wildman–Crippen LogP) is 1.23. The van der Waals surface area contributed by atoms with Crippen LogP contribution in [0.25, 0.3) is 0 Å². The fourth-order valence-electron chi connectivity index (χ4n) is 2.18. The van der Waals surface area contributed by atoms with Gasteiger partial charge in [0.25, 0.3) is 0 Å². The number of benzene rings is 1. The van der Waals surface area contributed by atoms with E-state index in [0.29, 0.717) is 37.6 Å². The number of rotatable bonds is 3. The lowest BCUT2D eigenvalue weighted by Gasteiger charge is -2.32. The molecule has 1 aliphatic carbocycles. The maximum atomic E-state index is 11.1. The van der Waals surface area contributed by atoms with Crippen molar-refractivity contribution in [1.29, 1.82) is 0 Å². The molecular formula is C12H14N2O5. The van der Waals surface area contributed by atoms with E-state index in [-0.39, 0.29) is 23.6 Å². The van der Waals surface area contributed by atoms with E-state index in [1.165, 1.54) is 12.1 Å². The molecule has 1 aromatic rings. The minimum atomic E-state index is -0.480. The van der Waals surface area contributed by atoms with Crippen LogP contribution in [0.15, 0.2) is 12.1 Å². The molecule has 0 aromatic heterocycles. The second-order valence-electron chi connectivity index (χ2n) is 4.69. The van der Waals surface area contributed by atoms with Crippen molar-refractivity contribution in [3.05, 3.63) is 22.2 Å². The first-order valence-corrected chi connectivity index (χ1v) is 6.14. The summed E-state index contributed by atoms with van der Waals surface area (Å²) in [7, 11) is 0. The van der Waals surface area contributed by atoms with Gasteiger partial charge in [-0.15, -0.1) is 0 Å². The Labute approximate surface area is 109 Å². The Morgan fingerprint density at radius 3 is 2.47 bits per heavy atom. The average molecular weight is 266 g/mol. The van der Waals surface area contributed by atoms with Crippen molar-refractivity contribution >= 4 is 5.69 Å². The number of ether oxygens (including phenoxy) is 3. The van der Waals surface area contributed by atoms with Crippen LogP contribution in [0.5, 0.6) is 17.2 Å². The summed E-state index contributed by atoms with van der Waals surface area (Å²) in [6.45, 7) is 0.820. The second-order valence-corrected chi connectivity index (χ2v) is 4.69. The molecule has 0 amide bonds. The highest BCUT2D eigenvalue weighted by atomic mass is 16.6. The molecule has 0 atom stereocenters. The van der Waals surface area contributed by atoms with Crippen molar-refractivity contribution in [2.45, 2.75) is 25.0 Å². The Hall–Kier alpha value is -2.02. The lowest BCUT2D eigenvalue weighted by Crippen LogP contribution is -2.43. The van der Waals surface area contributed by atoms with Crippen LogP contribution in [0.1, 0.15) is 12.8 Å². The van der Waals surface area contributed by atoms with Crippen LogP contribution >= 0.6 is 0 Å². The van der Waals surface area contributed by atoms with Gasteiger partial charge >= 0.3 is 5.69 Å². The second kappa shape index (κ2) is 4.58. The summed E-state index contributed by atoms with van der Waals surface area (Å²) in [4.78, 5) is 10.6. The van der Waals surface area contributed by atoms with E-state index in [1.54, 1.807) is 0 Å². The van der Waals surface area contributed by atoms with Crippen molar-refractivity contribution in [3.63, 3.8) is 0 Å². The van der Waals surface area contributed by atoms with E-state index < -0.39 is 4.92 Å². The summed E-state index contributed by atoms with van der Waals surface area (Å²) in [6, 6.07) is 3.00. The molecule has 0 unspecified atom stereocenters. The maximum absolute atomic E-state index is 11.1. The molecule has 0 bridgehead atoms. The molecule has 1 saturated carbocycles. The molecule has 2 N–H and O–H groups in total. The third-order valence-corrected chi connectivity index (χ3v) is 3.25. The number of nitrogens with zero attached hydrogens (tertiary/aromatic N) is 1. The molecule has 0 spiro atoms. The van der Waals surface area contributed by atoms with Gasteiger partial charge in [-0.3, -0.25) is 10.1 Å². The van der Waals surface area contributed by atoms with Gasteiger partial charge in [0.1, 0.15) is 19.3 Å². The summed E-state index contributed by atoms with van der Waals surface area (Å²) in [5.74, 6) is 1.08. The van der Waals surface area contributed by atoms with Gasteiger partial charge in [-0.25, -0.2) is 0 Å². The maximum Gasteiger partial charge on any atom is 0.314 e. The molecular weight excluding hydrogens is 252 g/mol. The molecule has 0 radical (unpaired) electrons. The highest BCUT2D eigenvalue weighted by Crippen LogP contribution is 2.42. The number of nitro benzene ring substituents is 1. The molecule has 1 aliphatic heterocycles. The molecule has 2 aliphatic rings. The van der Waals surface area contributed by atoms with Crippen molar-refractivity contribution in [2.75, 3.05) is 13.2 Å². The fourth-order valence-corrected chi connectivity index (χ4v) is 2.18. The van der Waals surface area contributed by atoms with Crippen LogP contribution in [-0.2, 0) is 0 Å². The molecule has 19 heavy (non-hydrogen) atoms. The minimum absolute atomic E-state index is 0.0590. The topological polar surface area (TPSA) is 96.9 Å². The Balaban J connectivity index is 1.89. The first-order valence-electron chi connectivity index (χ1n) is 6.14. The zero-order valence-electron chi connectivity index (χ0n) is 10.2. The molecule has 1 fully saturated rings. The van der Waals surface area contributed by atoms with E-state index in [2.05, 4.69) is 0 Å². The predicted molar refractivity (Wildman–Crippen MR) is 65.7 cm³/mol. The number of fused-ring (bicyclic) bond motifs is 1. The monoisotopic (exact) mass is 266 g/mol. The van der Waals surface area contributed by atoms with Crippen LogP contribution in [0.2, 0.25) is 0 Å². The van der Waals surface area contributed by atoms with Crippen molar-refractivity contribution < 1.29 is 19.1 Å². The van der Waals surface area contributed by atoms with Crippen LogP contribution < -0.4 is 19.9 Å². The molecule has 102 valence electrons. The zero-order valence-corrected chi connectivity index (χ0v) is 10.2. The quantitative estimate of drug-likeness (QED) is 0.653. The van der Waals surface area contributed by atoms with Crippen molar-refractivity contribution in [1.82, 2.24) is 0 Å². The van der Waals surface area contributed by atoms with E-state index >= 15 is 0 Å². The summed E-state index contributed by atoms with van der Waals surface area (Å²) in [5.41, 5.74) is 5.57. The number of hydrogen-bond donors (Lipinski definition) is 1. The summed E-state index contributed by atoms with van der Waals surface area (Å²) in [6.07, 6.45) is 1.37. The van der Waals surface area contributed by atoms with Gasteiger partial charge in [0.15, 0.2) is 11.5 Å². The van der Waals surface area contributed by atoms with Gasteiger partial charge in [-0.05, 0) is 12.8 Å². The van der Waals surface area contributed by atoms with Gasteiger partial charge in [-0.1, -0.05) is 0 Å². The van der Waals surface area contributed by atoms with E-state index in [0.717, 1.165) is 0 Å². The fraction of sp³-hybridized carbons (Fsp3) is 0.500. The lowest BCUT2D eigenvalue weighted by molar-refractivity contribution is -0.386. The number of nitro groups is 1. The van der Waals surface area contributed by atoms with E-state index in [4.69, 9.17) is 19.9 Å². The summed E-state index contributed by atoms with van der Waals surface area (Å²) < 4.78 is 16.3. The van der Waals surface area contributed by atoms with E-state index in [1.807, 2.05) is 0 Å². The van der Waals surface area contributed by atoms with Crippen LogP contribution in [0, 0.1) is 10.1 Å². The first kappa shape index (κ1) is 12.0. The Morgan fingerprint density at radius 1 is 1.26 bits per heavy atom. The molecule has 7 nitrogen and oxygen atoms in total. The third-order valence-electron chi connectivity index (χ3n) is 3.25. The van der Waals surface area contributed by atoms with Gasteiger partial charge in [0.05, 0.1) is 11.0 Å². The lowest BCUT2D eigenvalue weighted by atomic mass is 9.90. The highest BCUT2D eigenvalue weighted by molar-refractivity contribution is 5.58. The summed E-state index contributed by atoms with van der Waals surface area (Å²) >= 11 is 0. The van der Waals surface area contributed by atoms with Crippen molar-refractivity contribution in [3.8, 4) is 17.2 Å². The number of hydrogen-bond acceptors (Lipinski definition) is 6. The van der Waals surface area contributed by atoms with Crippen LogP contribution in [-0.4, -0.2) is 30.3 Å². The molecule has 3 rings (SSSR count). The first-order chi connectivity index (χ1) is 9.13. The Morgan fingerprint density at radius 2 is 1.89 bits per heavy atom. The zero-order chi connectivity index (χ0) is 13.4. The number of nitrogens with two attached hydrogens (primary N) is 1. The normalized spacial score (nSPS) is 24.5. The minimum Gasteiger partial charge on any atom is -0.486 e. The molecule has 1 heterocycles. The summed E-state index contributed by atoms with van der Waals surface area (Å²) in [5, 5.41) is 11.1. The third kappa shape index (κ3) is 2.28. The largest absolute Gasteiger partial charge is 0.486 e. The molecule has 7 heteroatoms. The van der Waals surface area contributed by atoms with Crippen LogP contribution in [0.3, 0.4) is 0 Å². The Bertz CT molecular complexity index is 513.